The van der Waals surface area contributed by atoms with Crippen LogP contribution in [0.2, 0.25) is 5.02 Å². The summed E-state index contributed by atoms with van der Waals surface area (Å²) in [6.07, 6.45) is 1.44. The molecule has 0 spiro atoms. The van der Waals surface area contributed by atoms with Gasteiger partial charge in [0.25, 0.3) is 0 Å². The molecule has 2 aliphatic rings. The minimum atomic E-state index is -0.236. The van der Waals surface area contributed by atoms with Gasteiger partial charge in [0.2, 0.25) is 5.95 Å². The van der Waals surface area contributed by atoms with Gasteiger partial charge in [0.15, 0.2) is 5.78 Å². The summed E-state index contributed by atoms with van der Waals surface area (Å²) in [7, 11) is 0. The number of aromatic nitrogens is 3. The molecule has 0 bridgehead atoms. The van der Waals surface area contributed by atoms with Crippen LogP contribution in [0.5, 0.6) is 0 Å². The van der Waals surface area contributed by atoms with E-state index in [2.05, 4.69) is 22.3 Å². The Kier molecular flexibility index (Phi) is 3.27. The molecule has 1 aromatic carbocycles. The number of rotatable bonds is 1. The number of nitrogens with one attached hydrogen (secondary N) is 1. The van der Waals surface area contributed by atoms with Crippen LogP contribution in [0, 0.1) is 12.8 Å². The van der Waals surface area contributed by atoms with E-state index < -0.39 is 0 Å². The summed E-state index contributed by atoms with van der Waals surface area (Å²) in [5, 5.41) is 8.49. The molecule has 23 heavy (non-hydrogen) atoms. The van der Waals surface area contributed by atoms with E-state index in [0.717, 1.165) is 23.3 Å². The maximum Gasteiger partial charge on any atom is 0.226 e. The molecule has 4 rings (SSSR count). The summed E-state index contributed by atoms with van der Waals surface area (Å²) >= 11 is 6.01. The van der Waals surface area contributed by atoms with Gasteiger partial charge >= 0.3 is 0 Å². The number of Topliss-reactive ketones (excluding diaryl/α,β-unsaturated/α-hetero) is 1. The highest BCUT2D eigenvalue weighted by Crippen LogP contribution is 2.41. The number of benzene rings is 1. The van der Waals surface area contributed by atoms with Crippen molar-refractivity contribution in [2.45, 2.75) is 32.7 Å². The van der Waals surface area contributed by atoms with Crippen LogP contribution < -0.4 is 5.32 Å². The highest BCUT2D eigenvalue weighted by molar-refractivity contribution is 6.30. The monoisotopic (exact) mass is 328 g/mol. The Balaban J connectivity index is 1.91. The van der Waals surface area contributed by atoms with E-state index in [0.29, 0.717) is 29.1 Å². The number of anilines is 1. The van der Waals surface area contributed by atoms with Gasteiger partial charge in [-0.25, -0.2) is 4.68 Å². The lowest BCUT2D eigenvalue weighted by Gasteiger charge is -2.34. The summed E-state index contributed by atoms with van der Waals surface area (Å²) < 4.78 is 1.81. The van der Waals surface area contributed by atoms with E-state index >= 15 is 0 Å². The molecule has 2 atom stereocenters. The number of carbonyl (C=O) groups excluding carboxylic acids is 1. The van der Waals surface area contributed by atoms with Crippen LogP contribution in [0.25, 0.3) is 0 Å². The number of carbonyl (C=O) groups is 1. The highest BCUT2D eigenvalue weighted by Gasteiger charge is 2.38. The quantitative estimate of drug-likeness (QED) is 0.870. The largest absolute Gasteiger partial charge is 0.328 e. The number of halogens is 1. The van der Waals surface area contributed by atoms with Crippen molar-refractivity contribution in [2.75, 3.05) is 5.32 Å². The normalized spacial score (nSPS) is 23.3. The molecule has 2 aromatic rings. The van der Waals surface area contributed by atoms with Crippen LogP contribution in [-0.4, -0.2) is 20.5 Å². The molecule has 0 saturated heterocycles. The highest BCUT2D eigenvalue weighted by atomic mass is 35.5. The number of hydrogen-bond acceptors (Lipinski definition) is 4. The van der Waals surface area contributed by atoms with Gasteiger partial charge in [0, 0.05) is 22.7 Å². The summed E-state index contributed by atoms with van der Waals surface area (Å²) in [4.78, 5) is 17.2. The molecular weight excluding hydrogens is 312 g/mol. The van der Waals surface area contributed by atoms with E-state index in [1.54, 1.807) is 0 Å². The smallest absolute Gasteiger partial charge is 0.226 e. The Bertz CT molecular complexity index is 822. The molecule has 1 N–H and O–H groups in total. The molecule has 1 aromatic heterocycles. The number of aryl methyl sites for hydroxylation is 1. The molecule has 0 saturated carbocycles. The van der Waals surface area contributed by atoms with Gasteiger partial charge in [-0.3, -0.25) is 4.79 Å². The first-order valence-electron chi connectivity index (χ1n) is 7.75. The van der Waals surface area contributed by atoms with Crippen LogP contribution in [0.3, 0.4) is 0 Å². The van der Waals surface area contributed by atoms with Crippen LogP contribution in [0.1, 0.15) is 37.2 Å². The molecule has 0 unspecified atom stereocenters. The lowest BCUT2D eigenvalue weighted by molar-refractivity contribution is -0.117. The molecule has 5 nitrogen and oxygen atoms in total. The Morgan fingerprint density at radius 2 is 2.00 bits per heavy atom. The van der Waals surface area contributed by atoms with Crippen LogP contribution in [0.4, 0.5) is 5.95 Å². The first kappa shape index (κ1) is 14.5. The fraction of sp³-hybridized carbons (Fsp3) is 0.353. The van der Waals surface area contributed by atoms with Crippen molar-refractivity contribution >= 4 is 23.3 Å². The Hall–Kier alpha value is -2.14. The van der Waals surface area contributed by atoms with Crippen LogP contribution in [0.15, 0.2) is 35.5 Å². The van der Waals surface area contributed by atoms with Gasteiger partial charge in [-0.05, 0) is 37.0 Å². The summed E-state index contributed by atoms with van der Waals surface area (Å²) in [5.74, 6) is 1.91. The summed E-state index contributed by atoms with van der Waals surface area (Å²) in [6.45, 7) is 3.96. The minimum Gasteiger partial charge on any atom is -0.328 e. The average Bonchev–Trinajstić information content (AvgIpc) is 2.85. The number of ketones is 1. The van der Waals surface area contributed by atoms with Crippen molar-refractivity contribution in [3.05, 3.63) is 51.9 Å². The third-order valence-corrected chi connectivity index (χ3v) is 4.67. The summed E-state index contributed by atoms with van der Waals surface area (Å²) in [5.41, 5.74) is 2.79. The fourth-order valence-corrected chi connectivity index (χ4v) is 3.59. The molecule has 0 fully saturated rings. The van der Waals surface area contributed by atoms with E-state index in [-0.39, 0.29) is 11.8 Å². The van der Waals surface area contributed by atoms with Crippen molar-refractivity contribution in [1.29, 1.82) is 0 Å². The van der Waals surface area contributed by atoms with E-state index in [4.69, 9.17) is 11.6 Å². The van der Waals surface area contributed by atoms with E-state index in [9.17, 15) is 4.79 Å². The van der Waals surface area contributed by atoms with Crippen molar-refractivity contribution in [2.24, 2.45) is 5.92 Å². The first-order valence-corrected chi connectivity index (χ1v) is 8.12. The van der Waals surface area contributed by atoms with Gasteiger partial charge < -0.3 is 5.32 Å². The summed E-state index contributed by atoms with van der Waals surface area (Å²) in [6, 6.07) is 7.36. The Morgan fingerprint density at radius 3 is 2.74 bits per heavy atom. The maximum atomic E-state index is 12.7. The topological polar surface area (TPSA) is 59.8 Å². The van der Waals surface area contributed by atoms with E-state index in [1.165, 1.54) is 0 Å². The van der Waals surface area contributed by atoms with Gasteiger partial charge in [0.1, 0.15) is 11.9 Å². The second-order valence-corrected chi connectivity index (χ2v) is 6.77. The predicted molar refractivity (Wildman–Crippen MR) is 88.4 cm³/mol. The minimum absolute atomic E-state index is 0.185. The molecule has 1 aliphatic heterocycles. The molecular formula is C17H17ClN4O. The van der Waals surface area contributed by atoms with Gasteiger partial charge in [-0.2, -0.15) is 10.1 Å². The lowest BCUT2D eigenvalue weighted by Crippen LogP contribution is -2.33. The van der Waals surface area contributed by atoms with E-state index in [1.807, 2.05) is 35.9 Å². The van der Waals surface area contributed by atoms with Gasteiger partial charge in [0.05, 0.1) is 0 Å². The van der Waals surface area contributed by atoms with Crippen LogP contribution in [-0.2, 0) is 4.79 Å². The van der Waals surface area contributed by atoms with Crippen molar-refractivity contribution < 1.29 is 4.79 Å². The molecule has 6 heteroatoms. The zero-order chi connectivity index (χ0) is 16.1. The second-order valence-electron chi connectivity index (χ2n) is 6.34. The third-order valence-electron chi connectivity index (χ3n) is 4.42. The van der Waals surface area contributed by atoms with Crippen LogP contribution >= 0.6 is 11.6 Å². The average molecular weight is 329 g/mol. The standard InChI is InChI=1S/C17H17ClN4O/c1-9-7-13-15(14(23)8-9)16(11-3-5-12(18)6-4-11)22-17(20-13)19-10(2)21-22/h3-6,9,16H,7-8H2,1-2H3,(H,19,20,21)/t9-,16+/m0/s1. The maximum absolute atomic E-state index is 12.7. The zero-order valence-electron chi connectivity index (χ0n) is 13.0. The van der Waals surface area contributed by atoms with Gasteiger partial charge in [-0.1, -0.05) is 30.7 Å². The predicted octanol–water partition coefficient (Wildman–Crippen LogP) is 3.51. The molecule has 2 heterocycles. The molecule has 0 amide bonds. The number of fused-ring (bicyclic) bond motifs is 1. The Labute approximate surface area is 139 Å². The lowest BCUT2D eigenvalue weighted by atomic mass is 9.81. The SMILES string of the molecule is Cc1nc2n(n1)[C@H](c1ccc(Cl)cc1)C1=C(C[C@H](C)CC1=O)N2. The number of nitrogens with zero attached hydrogens (tertiary/aromatic N) is 3. The first-order chi connectivity index (χ1) is 11.0. The zero-order valence-corrected chi connectivity index (χ0v) is 13.8. The Morgan fingerprint density at radius 1 is 1.26 bits per heavy atom. The van der Waals surface area contributed by atoms with Gasteiger partial charge in [-0.15, -0.1) is 0 Å². The van der Waals surface area contributed by atoms with Crippen molar-refractivity contribution in [3.8, 4) is 0 Å². The number of hydrogen-bond donors (Lipinski definition) is 1. The van der Waals surface area contributed by atoms with Crippen molar-refractivity contribution in [3.63, 3.8) is 0 Å². The van der Waals surface area contributed by atoms with Crippen molar-refractivity contribution in [1.82, 2.24) is 14.8 Å². The fourth-order valence-electron chi connectivity index (χ4n) is 3.47. The molecule has 1 aliphatic carbocycles. The number of allylic oxidation sites excluding steroid dienone is 2. The second kappa shape index (κ2) is 5.20. The third kappa shape index (κ3) is 2.36. The molecule has 118 valence electrons. The molecule has 0 radical (unpaired) electrons.